The van der Waals surface area contributed by atoms with Crippen molar-refractivity contribution in [2.24, 2.45) is 0 Å². The van der Waals surface area contributed by atoms with E-state index in [0.29, 0.717) is 5.76 Å². The summed E-state index contributed by atoms with van der Waals surface area (Å²) >= 11 is 0. The quantitative estimate of drug-likeness (QED) is 0.458. The Morgan fingerprint density at radius 3 is 2.33 bits per heavy atom. The molecule has 0 N–H and O–H groups in total. The first-order chi connectivity index (χ1) is 8.67. The normalized spacial score (nSPS) is 13.6. The Kier molecular flexibility index (Phi) is 9.10. The topological polar surface area (TPSA) is 18.5 Å². The van der Waals surface area contributed by atoms with E-state index in [1.807, 2.05) is 31.2 Å². The van der Waals surface area contributed by atoms with Crippen LogP contribution in [0.1, 0.15) is 20.3 Å². The molecule has 98 valence electrons. The molecule has 0 unspecified atom stereocenters. The highest BCUT2D eigenvalue weighted by molar-refractivity contribution is 5.22. The molecule has 0 aliphatic rings. The molecule has 0 rings (SSSR count). The summed E-state index contributed by atoms with van der Waals surface area (Å²) in [7, 11) is 1.60. The highest BCUT2D eigenvalue weighted by Gasteiger charge is 1.94. The molecular formula is C16H22O2. The third-order valence-corrected chi connectivity index (χ3v) is 2.00. The van der Waals surface area contributed by atoms with Gasteiger partial charge in [-0.15, -0.1) is 0 Å². The maximum atomic E-state index is 5.66. The van der Waals surface area contributed by atoms with Gasteiger partial charge in [0, 0.05) is 0 Å². The molecule has 0 aromatic carbocycles. The second kappa shape index (κ2) is 10.2. The van der Waals surface area contributed by atoms with Gasteiger partial charge in [-0.25, -0.2) is 0 Å². The SMILES string of the molecule is C=C/C=C(\C=C/CC)O/C(C)=C/C=C(\C=C)OC. The molecule has 0 aliphatic heterocycles. The van der Waals surface area contributed by atoms with E-state index in [2.05, 4.69) is 20.1 Å². The van der Waals surface area contributed by atoms with Gasteiger partial charge in [-0.05, 0) is 43.7 Å². The lowest BCUT2D eigenvalue weighted by Gasteiger charge is -2.05. The Bertz CT molecular complexity index is 382. The Labute approximate surface area is 110 Å². The van der Waals surface area contributed by atoms with Gasteiger partial charge in [-0.2, -0.15) is 0 Å². The smallest absolute Gasteiger partial charge is 0.126 e. The standard InChI is InChI=1S/C16H22O2/c1-6-9-11-16(10-7-2)18-14(4)12-13-15(8-3)17-5/h7-13H,2-3,6H2,1,4-5H3/b11-9-,14-12+,15-13+,16-10+. The predicted octanol–water partition coefficient (Wildman–Crippen LogP) is 4.66. The summed E-state index contributed by atoms with van der Waals surface area (Å²) in [6, 6.07) is 0. The average molecular weight is 246 g/mol. The zero-order valence-corrected chi connectivity index (χ0v) is 11.5. The largest absolute Gasteiger partial charge is 0.497 e. The lowest BCUT2D eigenvalue weighted by molar-refractivity contribution is 0.305. The fourth-order valence-corrected chi connectivity index (χ4v) is 1.11. The van der Waals surface area contributed by atoms with E-state index in [1.54, 1.807) is 25.3 Å². The first-order valence-corrected chi connectivity index (χ1v) is 5.90. The fourth-order valence-electron chi connectivity index (χ4n) is 1.11. The van der Waals surface area contributed by atoms with E-state index >= 15 is 0 Å². The first kappa shape index (κ1) is 16.0. The van der Waals surface area contributed by atoms with Crippen molar-refractivity contribution >= 4 is 0 Å². The van der Waals surface area contributed by atoms with E-state index < -0.39 is 0 Å². The van der Waals surface area contributed by atoms with Crippen molar-refractivity contribution in [1.29, 1.82) is 0 Å². The molecule has 18 heavy (non-hydrogen) atoms. The molecular weight excluding hydrogens is 224 g/mol. The minimum atomic E-state index is 0.691. The maximum absolute atomic E-state index is 5.66. The summed E-state index contributed by atoms with van der Waals surface area (Å²) in [5.41, 5.74) is 0. The Balaban J connectivity index is 4.74. The Hall–Kier alpha value is -1.96. The van der Waals surface area contributed by atoms with Crippen LogP contribution >= 0.6 is 0 Å². The van der Waals surface area contributed by atoms with E-state index in [4.69, 9.17) is 9.47 Å². The first-order valence-electron chi connectivity index (χ1n) is 5.90. The highest BCUT2D eigenvalue weighted by Crippen LogP contribution is 2.09. The van der Waals surface area contributed by atoms with Crippen LogP contribution in [0.2, 0.25) is 0 Å². The van der Waals surface area contributed by atoms with Crippen LogP contribution in [0, 0.1) is 0 Å². The van der Waals surface area contributed by atoms with Crippen molar-refractivity contribution in [2.75, 3.05) is 7.11 Å². The minimum Gasteiger partial charge on any atom is -0.497 e. The van der Waals surface area contributed by atoms with Gasteiger partial charge in [-0.3, -0.25) is 0 Å². The average Bonchev–Trinajstić information content (AvgIpc) is 2.37. The molecule has 0 bridgehead atoms. The molecule has 0 aromatic heterocycles. The minimum absolute atomic E-state index is 0.691. The molecule has 0 aromatic rings. The number of hydrogen-bond donors (Lipinski definition) is 0. The van der Waals surface area contributed by atoms with Crippen LogP contribution in [0.25, 0.3) is 0 Å². The van der Waals surface area contributed by atoms with Gasteiger partial charge in [-0.1, -0.05) is 32.2 Å². The summed E-state index contributed by atoms with van der Waals surface area (Å²) in [4.78, 5) is 0. The number of hydrogen-bond acceptors (Lipinski definition) is 2. The van der Waals surface area contributed by atoms with Crippen molar-refractivity contribution in [3.63, 3.8) is 0 Å². The third kappa shape index (κ3) is 7.34. The second-order valence-electron chi connectivity index (χ2n) is 3.47. The molecule has 2 nitrogen and oxygen atoms in total. The molecule has 0 spiro atoms. The number of allylic oxidation sites excluding steroid dienone is 8. The van der Waals surface area contributed by atoms with Crippen LogP contribution in [0.4, 0.5) is 0 Å². The van der Waals surface area contributed by atoms with Crippen LogP contribution in [-0.4, -0.2) is 7.11 Å². The highest BCUT2D eigenvalue weighted by atomic mass is 16.5. The molecule has 2 heteroatoms. The maximum Gasteiger partial charge on any atom is 0.126 e. The van der Waals surface area contributed by atoms with Gasteiger partial charge in [0.2, 0.25) is 0 Å². The molecule has 0 heterocycles. The lowest BCUT2D eigenvalue weighted by Crippen LogP contribution is -1.87. The molecule has 0 atom stereocenters. The van der Waals surface area contributed by atoms with Gasteiger partial charge >= 0.3 is 0 Å². The van der Waals surface area contributed by atoms with Gasteiger partial charge in [0.05, 0.1) is 7.11 Å². The van der Waals surface area contributed by atoms with E-state index in [9.17, 15) is 0 Å². The van der Waals surface area contributed by atoms with Gasteiger partial charge in [0.1, 0.15) is 17.3 Å². The van der Waals surface area contributed by atoms with Crippen molar-refractivity contribution in [3.8, 4) is 0 Å². The number of methoxy groups -OCH3 is 1. The molecule has 0 saturated carbocycles. The Morgan fingerprint density at radius 2 is 1.83 bits per heavy atom. The number of ether oxygens (including phenoxy) is 2. The zero-order valence-electron chi connectivity index (χ0n) is 11.5. The number of rotatable bonds is 8. The molecule has 0 radical (unpaired) electrons. The molecule has 0 aliphatic carbocycles. The van der Waals surface area contributed by atoms with E-state index in [0.717, 1.165) is 17.9 Å². The van der Waals surface area contributed by atoms with E-state index in [-0.39, 0.29) is 0 Å². The lowest BCUT2D eigenvalue weighted by atomic mass is 10.3. The zero-order chi connectivity index (χ0) is 13.8. The summed E-state index contributed by atoms with van der Waals surface area (Å²) in [5.74, 6) is 2.21. The Morgan fingerprint density at radius 1 is 1.11 bits per heavy atom. The molecule has 0 saturated heterocycles. The van der Waals surface area contributed by atoms with Gasteiger partial charge in [0.15, 0.2) is 0 Å². The van der Waals surface area contributed by atoms with Gasteiger partial charge in [0.25, 0.3) is 0 Å². The monoisotopic (exact) mass is 246 g/mol. The van der Waals surface area contributed by atoms with Crippen molar-refractivity contribution < 1.29 is 9.47 Å². The summed E-state index contributed by atoms with van der Waals surface area (Å²) in [5, 5.41) is 0. The third-order valence-electron chi connectivity index (χ3n) is 2.00. The van der Waals surface area contributed by atoms with E-state index in [1.165, 1.54) is 0 Å². The van der Waals surface area contributed by atoms with Crippen molar-refractivity contribution in [3.05, 3.63) is 73.0 Å². The summed E-state index contributed by atoms with van der Waals surface area (Å²) < 4.78 is 10.7. The summed E-state index contributed by atoms with van der Waals surface area (Å²) in [6.07, 6.45) is 13.7. The molecule has 0 fully saturated rings. The van der Waals surface area contributed by atoms with Gasteiger partial charge < -0.3 is 9.47 Å². The molecule has 0 amide bonds. The van der Waals surface area contributed by atoms with Crippen LogP contribution in [-0.2, 0) is 9.47 Å². The summed E-state index contributed by atoms with van der Waals surface area (Å²) in [6.45, 7) is 11.3. The van der Waals surface area contributed by atoms with Crippen LogP contribution in [0.5, 0.6) is 0 Å². The van der Waals surface area contributed by atoms with Crippen LogP contribution < -0.4 is 0 Å². The second-order valence-corrected chi connectivity index (χ2v) is 3.47. The van der Waals surface area contributed by atoms with Crippen LogP contribution in [0.3, 0.4) is 0 Å². The van der Waals surface area contributed by atoms with Crippen molar-refractivity contribution in [2.45, 2.75) is 20.3 Å². The predicted molar refractivity (Wildman–Crippen MR) is 77.8 cm³/mol. The fraction of sp³-hybridized carbons (Fsp3) is 0.250. The van der Waals surface area contributed by atoms with Crippen molar-refractivity contribution in [1.82, 2.24) is 0 Å². The van der Waals surface area contributed by atoms with Crippen LogP contribution in [0.15, 0.2) is 73.0 Å².